The second-order valence-corrected chi connectivity index (χ2v) is 5.87. The Morgan fingerprint density at radius 1 is 1.10 bits per heavy atom. The Kier molecular flexibility index (Phi) is 4.44. The van der Waals surface area contributed by atoms with Crippen molar-refractivity contribution in [3.8, 4) is 5.75 Å². The van der Waals surface area contributed by atoms with Gasteiger partial charge in [-0.3, -0.25) is 11.3 Å². The molecule has 3 rings (SSSR count). The van der Waals surface area contributed by atoms with E-state index in [2.05, 4.69) is 17.6 Å². The molecule has 3 N–H and O–H groups in total. The first-order valence-electron chi connectivity index (χ1n) is 7.22. The molecule has 0 amide bonds. The molecule has 1 saturated carbocycles. The SMILES string of the molecule is NNC(Cc1ccc(Cl)cc1)c1ccc(OC2CC2)cc1. The lowest BCUT2D eigenvalue weighted by atomic mass is 9.99. The first-order valence-corrected chi connectivity index (χ1v) is 7.59. The highest BCUT2D eigenvalue weighted by Gasteiger charge is 2.23. The van der Waals surface area contributed by atoms with Crippen molar-refractivity contribution in [2.24, 2.45) is 5.84 Å². The molecule has 4 heteroatoms. The zero-order valence-electron chi connectivity index (χ0n) is 11.8. The molecule has 1 aliphatic carbocycles. The molecule has 2 aromatic rings. The number of nitrogens with two attached hydrogens (primary N) is 1. The lowest BCUT2D eigenvalue weighted by molar-refractivity contribution is 0.303. The molecule has 0 radical (unpaired) electrons. The normalized spacial score (nSPS) is 15.7. The van der Waals surface area contributed by atoms with E-state index in [0.717, 1.165) is 22.8 Å². The Morgan fingerprint density at radius 3 is 2.33 bits per heavy atom. The molecule has 0 saturated heterocycles. The fourth-order valence-corrected chi connectivity index (χ4v) is 2.41. The van der Waals surface area contributed by atoms with Crippen LogP contribution in [0.25, 0.3) is 0 Å². The van der Waals surface area contributed by atoms with Gasteiger partial charge in [0.25, 0.3) is 0 Å². The first kappa shape index (κ1) is 14.4. The molecule has 1 aliphatic rings. The van der Waals surface area contributed by atoms with Gasteiger partial charge in [-0.25, -0.2) is 0 Å². The summed E-state index contributed by atoms with van der Waals surface area (Å²) in [5, 5.41) is 0.748. The van der Waals surface area contributed by atoms with Crippen molar-refractivity contribution < 1.29 is 4.74 Å². The third kappa shape index (κ3) is 3.97. The van der Waals surface area contributed by atoms with Gasteiger partial charge in [-0.15, -0.1) is 0 Å². The summed E-state index contributed by atoms with van der Waals surface area (Å²) >= 11 is 5.91. The van der Waals surface area contributed by atoms with Gasteiger partial charge in [-0.2, -0.15) is 0 Å². The number of benzene rings is 2. The molecule has 1 unspecified atom stereocenters. The molecule has 0 aliphatic heterocycles. The van der Waals surface area contributed by atoms with Gasteiger partial charge in [-0.1, -0.05) is 35.9 Å². The van der Waals surface area contributed by atoms with Crippen molar-refractivity contribution in [2.75, 3.05) is 0 Å². The highest BCUT2D eigenvalue weighted by molar-refractivity contribution is 6.30. The molecule has 3 nitrogen and oxygen atoms in total. The van der Waals surface area contributed by atoms with E-state index in [1.807, 2.05) is 36.4 Å². The molecule has 0 spiro atoms. The van der Waals surface area contributed by atoms with Gasteiger partial charge in [0.05, 0.1) is 6.10 Å². The number of hydrogen-bond donors (Lipinski definition) is 2. The van der Waals surface area contributed by atoms with E-state index in [1.165, 1.54) is 18.4 Å². The van der Waals surface area contributed by atoms with Crippen molar-refractivity contribution >= 4 is 11.6 Å². The Balaban J connectivity index is 1.68. The molecule has 1 atom stereocenters. The molecule has 0 aromatic heterocycles. The highest BCUT2D eigenvalue weighted by Crippen LogP contribution is 2.28. The minimum atomic E-state index is 0.0705. The summed E-state index contributed by atoms with van der Waals surface area (Å²) in [6, 6.07) is 16.1. The lowest BCUT2D eigenvalue weighted by Crippen LogP contribution is -2.29. The van der Waals surface area contributed by atoms with E-state index in [-0.39, 0.29) is 6.04 Å². The molecule has 21 heavy (non-hydrogen) atoms. The Morgan fingerprint density at radius 2 is 1.76 bits per heavy atom. The Bertz CT molecular complexity index is 579. The minimum absolute atomic E-state index is 0.0705. The van der Waals surface area contributed by atoms with Crippen LogP contribution in [0.3, 0.4) is 0 Å². The van der Waals surface area contributed by atoms with Crippen LogP contribution >= 0.6 is 11.6 Å². The molecule has 0 heterocycles. The van der Waals surface area contributed by atoms with Crippen LogP contribution in [0.1, 0.15) is 30.0 Å². The lowest BCUT2D eigenvalue weighted by Gasteiger charge is -2.17. The first-order chi connectivity index (χ1) is 10.2. The second kappa shape index (κ2) is 6.48. The standard InChI is InChI=1S/C17H19ClN2O/c18-14-5-1-12(2-6-14)11-17(20-19)13-3-7-15(8-4-13)21-16-9-10-16/h1-8,16-17,20H,9-11,19H2. The second-order valence-electron chi connectivity index (χ2n) is 5.44. The molecule has 2 aromatic carbocycles. The predicted octanol–water partition coefficient (Wildman–Crippen LogP) is 3.63. The number of nitrogens with one attached hydrogen (secondary N) is 1. The number of hydrazine groups is 1. The van der Waals surface area contributed by atoms with Crippen LogP contribution in [-0.4, -0.2) is 6.10 Å². The van der Waals surface area contributed by atoms with Crippen LogP contribution in [0.2, 0.25) is 5.02 Å². The zero-order chi connectivity index (χ0) is 14.7. The predicted molar refractivity (Wildman–Crippen MR) is 85.3 cm³/mol. The van der Waals surface area contributed by atoms with Gasteiger partial charge in [0.2, 0.25) is 0 Å². The smallest absolute Gasteiger partial charge is 0.119 e. The molecule has 0 bridgehead atoms. The molecule has 1 fully saturated rings. The molecular formula is C17H19ClN2O. The van der Waals surface area contributed by atoms with Crippen LogP contribution in [0.5, 0.6) is 5.75 Å². The summed E-state index contributed by atoms with van der Waals surface area (Å²) in [5.41, 5.74) is 5.22. The number of rotatable bonds is 6. The van der Waals surface area contributed by atoms with Crippen LogP contribution in [0.15, 0.2) is 48.5 Å². The maximum atomic E-state index is 5.91. The largest absolute Gasteiger partial charge is 0.490 e. The van der Waals surface area contributed by atoms with E-state index in [4.69, 9.17) is 22.2 Å². The van der Waals surface area contributed by atoms with Crippen molar-refractivity contribution in [3.05, 3.63) is 64.7 Å². The summed E-state index contributed by atoms with van der Waals surface area (Å²) in [5.74, 6) is 6.64. The van der Waals surface area contributed by atoms with E-state index in [9.17, 15) is 0 Å². The van der Waals surface area contributed by atoms with E-state index in [0.29, 0.717) is 6.10 Å². The fourth-order valence-electron chi connectivity index (χ4n) is 2.29. The summed E-state index contributed by atoms with van der Waals surface area (Å²) in [4.78, 5) is 0. The van der Waals surface area contributed by atoms with Crippen LogP contribution in [0.4, 0.5) is 0 Å². The van der Waals surface area contributed by atoms with E-state index in [1.54, 1.807) is 0 Å². The van der Waals surface area contributed by atoms with Crippen LogP contribution in [-0.2, 0) is 6.42 Å². The summed E-state index contributed by atoms with van der Waals surface area (Å²) in [7, 11) is 0. The highest BCUT2D eigenvalue weighted by atomic mass is 35.5. The monoisotopic (exact) mass is 302 g/mol. The van der Waals surface area contributed by atoms with Crippen molar-refractivity contribution in [2.45, 2.75) is 31.4 Å². The van der Waals surface area contributed by atoms with E-state index < -0.39 is 0 Å². The molecular weight excluding hydrogens is 284 g/mol. The zero-order valence-corrected chi connectivity index (χ0v) is 12.5. The number of hydrogen-bond acceptors (Lipinski definition) is 3. The maximum Gasteiger partial charge on any atom is 0.119 e. The fraction of sp³-hybridized carbons (Fsp3) is 0.294. The Hall–Kier alpha value is -1.55. The third-order valence-electron chi connectivity index (χ3n) is 3.66. The van der Waals surface area contributed by atoms with E-state index >= 15 is 0 Å². The van der Waals surface area contributed by atoms with Crippen molar-refractivity contribution in [1.82, 2.24) is 5.43 Å². The summed E-state index contributed by atoms with van der Waals surface area (Å²) in [6.45, 7) is 0. The van der Waals surface area contributed by atoms with Crippen molar-refractivity contribution in [3.63, 3.8) is 0 Å². The molecule has 110 valence electrons. The average Bonchev–Trinajstić information content (AvgIpc) is 3.32. The minimum Gasteiger partial charge on any atom is -0.490 e. The van der Waals surface area contributed by atoms with Crippen LogP contribution in [0, 0.1) is 0 Å². The van der Waals surface area contributed by atoms with Gasteiger partial charge in [0, 0.05) is 11.1 Å². The summed E-state index contributed by atoms with van der Waals surface area (Å²) in [6.07, 6.45) is 3.58. The summed E-state index contributed by atoms with van der Waals surface area (Å²) < 4.78 is 5.76. The number of ether oxygens (including phenoxy) is 1. The number of halogens is 1. The topological polar surface area (TPSA) is 47.3 Å². The van der Waals surface area contributed by atoms with Crippen molar-refractivity contribution in [1.29, 1.82) is 0 Å². The van der Waals surface area contributed by atoms with Crippen LogP contribution < -0.4 is 16.0 Å². The van der Waals surface area contributed by atoms with Gasteiger partial charge in [-0.05, 0) is 54.7 Å². The van der Waals surface area contributed by atoms with Gasteiger partial charge >= 0.3 is 0 Å². The third-order valence-corrected chi connectivity index (χ3v) is 3.92. The van der Waals surface area contributed by atoms with Gasteiger partial charge < -0.3 is 4.74 Å². The maximum absolute atomic E-state index is 5.91. The quantitative estimate of drug-likeness (QED) is 0.633. The average molecular weight is 303 g/mol. The Labute approximate surface area is 130 Å². The van der Waals surface area contributed by atoms with Gasteiger partial charge in [0.1, 0.15) is 5.75 Å². The van der Waals surface area contributed by atoms with Gasteiger partial charge in [0.15, 0.2) is 0 Å².